The van der Waals surface area contributed by atoms with Gasteiger partial charge in [-0.15, -0.1) is 0 Å². The predicted molar refractivity (Wildman–Crippen MR) is 115 cm³/mol. The van der Waals surface area contributed by atoms with Gasteiger partial charge in [-0.2, -0.15) is 0 Å². The molecule has 7 heteroatoms. The molecule has 0 bridgehead atoms. The SMILES string of the molecule is NC(=O)c1ccc(N2CCCCC2)c(NC(=O)CCc2ccc3c(c2)OCCO3)c1. The van der Waals surface area contributed by atoms with Crippen LogP contribution in [0, 0.1) is 0 Å². The van der Waals surface area contributed by atoms with Gasteiger partial charge in [0.05, 0.1) is 11.4 Å². The topological polar surface area (TPSA) is 93.9 Å². The van der Waals surface area contributed by atoms with E-state index in [0.29, 0.717) is 37.3 Å². The first-order valence-electron chi connectivity index (χ1n) is 10.5. The molecular formula is C23H27N3O4. The van der Waals surface area contributed by atoms with E-state index in [4.69, 9.17) is 15.2 Å². The molecule has 4 rings (SSSR count). The van der Waals surface area contributed by atoms with Crippen molar-refractivity contribution in [3.8, 4) is 11.5 Å². The van der Waals surface area contributed by atoms with Gasteiger partial charge in [0.2, 0.25) is 11.8 Å². The normalized spacial score (nSPS) is 15.5. The highest BCUT2D eigenvalue weighted by Crippen LogP contribution is 2.32. The molecule has 1 fully saturated rings. The third-order valence-electron chi connectivity index (χ3n) is 5.50. The average Bonchev–Trinajstić information content (AvgIpc) is 2.78. The van der Waals surface area contributed by atoms with Gasteiger partial charge in [-0.05, 0) is 61.6 Å². The molecule has 2 amide bonds. The number of fused-ring (bicyclic) bond motifs is 1. The lowest BCUT2D eigenvalue weighted by Crippen LogP contribution is -2.30. The number of anilines is 2. The summed E-state index contributed by atoms with van der Waals surface area (Å²) in [5.74, 6) is 0.848. The molecule has 3 N–H and O–H groups in total. The largest absolute Gasteiger partial charge is 0.486 e. The van der Waals surface area contributed by atoms with Crippen molar-refractivity contribution in [2.75, 3.05) is 36.5 Å². The zero-order chi connectivity index (χ0) is 20.9. The summed E-state index contributed by atoms with van der Waals surface area (Å²) >= 11 is 0. The lowest BCUT2D eigenvalue weighted by atomic mass is 10.1. The lowest BCUT2D eigenvalue weighted by Gasteiger charge is -2.30. The minimum atomic E-state index is -0.507. The summed E-state index contributed by atoms with van der Waals surface area (Å²) in [5.41, 5.74) is 8.42. The van der Waals surface area contributed by atoms with Gasteiger partial charge in [-0.1, -0.05) is 6.07 Å². The Kier molecular flexibility index (Phi) is 6.07. The highest BCUT2D eigenvalue weighted by molar-refractivity contribution is 5.99. The van der Waals surface area contributed by atoms with E-state index in [1.165, 1.54) is 6.42 Å². The second-order valence-electron chi connectivity index (χ2n) is 7.67. The minimum absolute atomic E-state index is 0.107. The van der Waals surface area contributed by atoms with Gasteiger partial charge < -0.3 is 25.4 Å². The van der Waals surface area contributed by atoms with Crippen molar-refractivity contribution >= 4 is 23.2 Å². The van der Waals surface area contributed by atoms with Crippen LogP contribution >= 0.6 is 0 Å². The quantitative estimate of drug-likeness (QED) is 0.765. The number of primary amides is 1. The molecule has 1 saturated heterocycles. The van der Waals surface area contributed by atoms with Crippen LogP contribution in [-0.4, -0.2) is 38.1 Å². The van der Waals surface area contributed by atoms with Crippen LogP contribution in [0.25, 0.3) is 0 Å². The monoisotopic (exact) mass is 409 g/mol. The van der Waals surface area contributed by atoms with Crippen molar-refractivity contribution in [1.29, 1.82) is 0 Å². The van der Waals surface area contributed by atoms with Crippen molar-refractivity contribution in [2.45, 2.75) is 32.1 Å². The Balaban J connectivity index is 1.45. The lowest BCUT2D eigenvalue weighted by molar-refractivity contribution is -0.116. The third-order valence-corrected chi connectivity index (χ3v) is 5.50. The second kappa shape index (κ2) is 9.07. The van der Waals surface area contributed by atoms with Crippen LogP contribution in [0.1, 0.15) is 41.6 Å². The molecule has 2 heterocycles. The van der Waals surface area contributed by atoms with Gasteiger partial charge in [0.15, 0.2) is 11.5 Å². The number of hydrogen-bond acceptors (Lipinski definition) is 5. The summed E-state index contributed by atoms with van der Waals surface area (Å²) in [7, 11) is 0. The van der Waals surface area contributed by atoms with Crippen LogP contribution in [0.15, 0.2) is 36.4 Å². The molecular weight excluding hydrogens is 382 g/mol. The molecule has 2 aromatic rings. The summed E-state index contributed by atoms with van der Waals surface area (Å²) in [6, 6.07) is 11.0. The molecule has 2 aliphatic heterocycles. The van der Waals surface area contributed by atoms with Crippen molar-refractivity contribution in [3.05, 3.63) is 47.5 Å². The highest BCUT2D eigenvalue weighted by atomic mass is 16.6. The summed E-state index contributed by atoms with van der Waals surface area (Å²) in [5, 5.41) is 2.99. The average molecular weight is 409 g/mol. The zero-order valence-corrected chi connectivity index (χ0v) is 17.0. The fourth-order valence-electron chi connectivity index (χ4n) is 3.91. The number of amides is 2. The van der Waals surface area contributed by atoms with Crippen molar-refractivity contribution < 1.29 is 19.1 Å². The molecule has 0 unspecified atom stereocenters. The van der Waals surface area contributed by atoms with E-state index in [1.807, 2.05) is 24.3 Å². The summed E-state index contributed by atoms with van der Waals surface area (Å²) in [6.07, 6.45) is 4.36. The molecule has 158 valence electrons. The Bertz CT molecular complexity index is 938. The fraction of sp³-hybridized carbons (Fsp3) is 0.391. The maximum Gasteiger partial charge on any atom is 0.248 e. The summed E-state index contributed by atoms with van der Waals surface area (Å²) in [6.45, 7) is 2.97. The first kappa shape index (κ1) is 20.1. The van der Waals surface area contributed by atoms with Crippen LogP contribution in [0.5, 0.6) is 11.5 Å². The van der Waals surface area contributed by atoms with E-state index >= 15 is 0 Å². The maximum atomic E-state index is 12.7. The molecule has 0 aromatic heterocycles. The van der Waals surface area contributed by atoms with Gasteiger partial charge >= 0.3 is 0 Å². The number of hydrogen-bond donors (Lipinski definition) is 2. The molecule has 2 aromatic carbocycles. The molecule has 0 spiro atoms. The standard InChI is InChI=1S/C23H27N3O4/c24-23(28)17-6-7-19(26-10-2-1-3-11-26)18(15-17)25-22(27)9-5-16-4-8-20-21(14-16)30-13-12-29-20/h4,6-8,14-15H,1-3,5,9-13H2,(H2,24,28)(H,25,27). The number of nitrogens with one attached hydrogen (secondary N) is 1. The molecule has 7 nitrogen and oxygen atoms in total. The Morgan fingerprint density at radius 3 is 2.50 bits per heavy atom. The van der Waals surface area contributed by atoms with E-state index in [-0.39, 0.29) is 5.91 Å². The molecule has 0 atom stereocenters. The van der Waals surface area contributed by atoms with Crippen LogP contribution in [-0.2, 0) is 11.2 Å². The van der Waals surface area contributed by atoms with E-state index in [0.717, 1.165) is 48.7 Å². The minimum Gasteiger partial charge on any atom is -0.486 e. The smallest absolute Gasteiger partial charge is 0.248 e. The second-order valence-corrected chi connectivity index (χ2v) is 7.67. The Morgan fingerprint density at radius 1 is 0.967 bits per heavy atom. The number of aryl methyl sites for hydroxylation is 1. The molecule has 0 aliphatic carbocycles. The number of carbonyl (C=O) groups is 2. The molecule has 0 radical (unpaired) electrons. The van der Waals surface area contributed by atoms with E-state index in [1.54, 1.807) is 12.1 Å². The zero-order valence-electron chi connectivity index (χ0n) is 17.0. The number of ether oxygens (including phenoxy) is 2. The number of nitrogens with two attached hydrogens (primary N) is 1. The van der Waals surface area contributed by atoms with Crippen LogP contribution in [0.3, 0.4) is 0 Å². The first-order valence-corrected chi connectivity index (χ1v) is 10.5. The Hall–Kier alpha value is -3.22. The summed E-state index contributed by atoms with van der Waals surface area (Å²) < 4.78 is 11.1. The Morgan fingerprint density at radius 2 is 1.73 bits per heavy atom. The maximum absolute atomic E-state index is 12.7. The summed E-state index contributed by atoms with van der Waals surface area (Å²) in [4.78, 5) is 26.6. The van der Waals surface area contributed by atoms with Gasteiger partial charge in [-0.25, -0.2) is 0 Å². The number of nitrogens with zero attached hydrogens (tertiary/aromatic N) is 1. The van der Waals surface area contributed by atoms with Crippen LogP contribution < -0.4 is 25.4 Å². The number of carbonyl (C=O) groups excluding carboxylic acids is 2. The molecule has 2 aliphatic rings. The third kappa shape index (κ3) is 4.67. The van der Waals surface area contributed by atoms with Gasteiger partial charge in [0.1, 0.15) is 13.2 Å². The van der Waals surface area contributed by atoms with Crippen molar-refractivity contribution in [1.82, 2.24) is 0 Å². The van der Waals surface area contributed by atoms with Crippen LogP contribution in [0.4, 0.5) is 11.4 Å². The van der Waals surface area contributed by atoms with E-state index < -0.39 is 5.91 Å². The van der Waals surface area contributed by atoms with Gasteiger partial charge in [0, 0.05) is 25.1 Å². The van der Waals surface area contributed by atoms with E-state index in [9.17, 15) is 9.59 Å². The van der Waals surface area contributed by atoms with E-state index in [2.05, 4.69) is 10.2 Å². The number of benzene rings is 2. The van der Waals surface area contributed by atoms with Crippen molar-refractivity contribution in [2.24, 2.45) is 5.73 Å². The molecule has 0 saturated carbocycles. The predicted octanol–water partition coefficient (Wildman–Crippen LogP) is 3.12. The van der Waals surface area contributed by atoms with Crippen LogP contribution in [0.2, 0.25) is 0 Å². The number of piperidine rings is 1. The van der Waals surface area contributed by atoms with Gasteiger partial charge in [-0.3, -0.25) is 9.59 Å². The fourth-order valence-corrected chi connectivity index (χ4v) is 3.91. The number of rotatable bonds is 6. The first-order chi connectivity index (χ1) is 14.6. The molecule has 30 heavy (non-hydrogen) atoms. The van der Waals surface area contributed by atoms with Gasteiger partial charge in [0.25, 0.3) is 0 Å². The Labute approximate surface area is 176 Å². The highest BCUT2D eigenvalue weighted by Gasteiger charge is 2.18. The van der Waals surface area contributed by atoms with Crippen molar-refractivity contribution in [3.63, 3.8) is 0 Å².